The fourth-order valence-corrected chi connectivity index (χ4v) is 4.43. The van der Waals surface area contributed by atoms with E-state index in [9.17, 15) is 35.8 Å². The van der Waals surface area contributed by atoms with Crippen LogP contribution in [0.3, 0.4) is 0 Å². The Labute approximate surface area is 131 Å². The Bertz CT molecular complexity index is 682. The number of fused-ring (bicyclic) bond motifs is 1. The Morgan fingerprint density at radius 3 is 2.21 bits per heavy atom. The van der Waals surface area contributed by atoms with E-state index >= 15 is 0 Å². The molecule has 3 aliphatic carbocycles. The molecule has 4 rings (SSSR count). The molecule has 0 radical (unpaired) electrons. The standard InChI is InChI=1S/C14H13F7N2O/c15-7-8(16)10(24)6-9(7)23(22-11(6)14(19,20)21)5-1-12(2-5)3-13(17,18)4-12/h5,7-8,10,24H,1-4H2/t7-,8-,10-/m0/s1. The second kappa shape index (κ2) is 4.44. The van der Waals surface area contributed by atoms with E-state index in [-0.39, 0.29) is 25.7 Å². The number of aliphatic hydroxyl groups is 1. The number of rotatable bonds is 1. The van der Waals surface area contributed by atoms with E-state index < -0.39 is 59.0 Å². The first-order valence-electron chi connectivity index (χ1n) is 7.48. The van der Waals surface area contributed by atoms with E-state index in [0.29, 0.717) is 0 Å². The monoisotopic (exact) mass is 358 g/mol. The minimum Gasteiger partial charge on any atom is -0.385 e. The predicted octanol–water partition coefficient (Wildman–Crippen LogP) is 4.05. The van der Waals surface area contributed by atoms with E-state index in [1.165, 1.54) is 0 Å². The largest absolute Gasteiger partial charge is 0.435 e. The topological polar surface area (TPSA) is 38.1 Å². The summed E-state index contributed by atoms with van der Waals surface area (Å²) < 4.78 is 93.7. The summed E-state index contributed by atoms with van der Waals surface area (Å²) in [6.45, 7) is 0. The number of hydrogen-bond donors (Lipinski definition) is 1. The molecule has 0 aliphatic heterocycles. The highest BCUT2D eigenvalue weighted by Crippen LogP contribution is 2.66. The molecule has 0 aromatic carbocycles. The van der Waals surface area contributed by atoms with Gasteiger partial charge in [-0.2, -0.15) is 18.3 Å². The Hall–Kier alpha value is -1.32. The van der Waals surface area contributed by atoms with Crippen molar-refractivity contribution in [2.45, 2.75) is 62.3 Å². The van der Waals surface area contributed by atoms with Crippen LogP contribution in [0.5, 0.6) is 0 Å². The third kappa shape index (κ3) is 2.04. The molecule has 3 aliphatic rings. The van der Waals surface area contributed by atoms with Crippen LogP contribution in [0.25, 0.3) is 0 Å². The first kappa shape index (κ1) is 16.2. The Kier molecular flexibility index (Phi) is 2.99. The zero-order valence-electron chi connectivity index (χ0n) is 12.1. The number of nitrogens with zero attached hydrogens (tertiary/aromatic N) is 2. The molecule has 2 saturated carbocycles. The molecule has 3 nitrogen and oxygen atoms in total. The smallest absolute Gasteiger partial charge is 0.385 e. The lowest BCUT2D eigenvalue weighted by Gasteiger charge is -2.57. The molecule has 0 bridgehead atoms. The molecule has 2 fully saturated rings. The summed E-state index contributed by atoms with van der Waals surface area (Å²) in [4.78, 5) is 0. The molecular formula is C14H13F7N2O. The van der Waals surface area contributed by atoms with Gasteiger partial charge in [0.25, 0.3) is 0 Å². The van der Waals surface area contributed by atoms with Crippen molar-refractivity contribution in [3.8, 4) is 0 Å². The van der Waals surface area contributed by atoms with Crippen molar-refractivity contribution in [2.24, 2.45) is 5.41 Å². The van der Waals surface area contributed by atoms with Crippen molar-refractivity contribution in [1.82, 2.24) is 9.78 Å². The zero-order valence-corrected chi connectivity index (χ0v) is 12.1. The molecule has 1 aromatic heterocycles. The van der Waals surface area contributed by atoms with Crippen LogP contribution in [-0.2, 0) is 6.18 Å². The van der Waals surface area contributed by atoms with Gasteiger partial charge in [-0.05, 0) is 18.3 Å². The second-order valence-electron chi connectivity index (χ2n) is 7.15. The fourth-order valence-electron chi connectivity index (χ4n) is 4.43. The third-order valence-electron chi connectivity index (χ3n) is 5.34. The molecule has 1 aromatic rings. The van der Waals surface area contributed by atoms with Gasteiger partial charge >= 0.3 is 6.18 Å². The van der Waals surface area contributed by atoms with Gasteiger partial charge in [0.2, 0.25) is 5.92 Å². The second-order valence-corrected chi connectivity index (χ2v) is 7.15. The van der Waals surface area contributed by atoms with Gasteiger partial charge in [0, 0.05) is 18.4 Å². The minimum absolute atomic E-state index is 0.147. The van der Waals surface area contributed by atoms with Crippen LogP contribution < -0.4 is 0 Å². The van der Waals surface area contributed by atoms with Gasteiger partial charge in [0.05, 0.1) is 11.7 Å². The maximum Gasteiger partial charge on any atom is 0.435 e. The van der Waals surface area contributed by atoms with Crippen molar-refractivity contribution < 1.29 is 35.8 Å². The Balaban J connectivity index is 1.68. The van der Waals surface area contributed by atoms with Gasteiger partial charge in [-0.15, -0.1) is 0 Å². The molecule has 0 unspecified atom stereocenters. The number of halogens is 7. The van der Waals surface area contributed by atoms with Crippen LogP contribution >= 0.6 is 0 Å². The summed E-state index contributed by atoms with van der Waals surface area (Å²) in [5.41, 5.74) is -3.65. The van der Waals surface area contributed by atoms with Crippen molar-refractivity contribution in [3.63, 3.8) is 0 Å². The van der Waals surface area contributed by atoms with Crippen LogP contribution in [0.1, 0.15) is 61.0 Å². The molecule has 24 heavy (non-hydrogen) atoms. The van der Waals surface area contributed by atoms with E-state index in [1.54, 1.807) is 0 Å². The fraction of sp³-hybridized carbons (Fsp3) is 0.786. The molecule has 10 heteroatoms. The lowest BCUT2D eigenvalue weighted by molar-refractivity contribution is -0.205. The molecular weight excluding hydrogens is 345 g/mol. The van der Waals surface area contributed by atoms with Gasteiger partial charge in [-0.25, -0.2) is 17.6 Å². The highest BCUT2D eigenvalue weighted by molar-refractivity contribution is 5.39. The van der Waals surface area contributed by atoms with Crippen LogP contribution in [0, 0.1) is 5.41 Å². The summed E-state index contributed by atoms with van der Waals surface area (Å²) in [5.74, 6) is -2.77. The lowest BCUT2D eigenvalue weighted by atomic mass is 9.52. The first-order valence-corrected chi connectivity index (χ1v) is 7.48. The SMILES string of the molecule is O[C@H]1c2c(C(F)(F)F)nn(C3CC4(C3)CC(F)(F)C4)c2[C@@H](F)[C@@H]1F. The van der Waals surface area contributed by atoms with Crippen molar-refractivity contribution >= 4 is 0 Å². The predicted molar refractivity (Wildman–Crippen MR) is 65.8 cm³/mol. The summed E-state index contributed by atoms with van der Waals surface area (Å²) in [6.07, 6.45) is -12.5. The maximum atomic E-state index is 14.1. The summed E-state index contributed by atoms with van der Waals surface area (Å²) >= 11 is 0. The van der Waals surface area contributed by atoms with Crippen molar-refractivity contribution in [2.75, 3.05) is 0 Å². The summed E-state index contributed by atoms with van der Waals surface area (Å²) in [7, 11) is 0. The van der Waals surface area contributed by atoms with Gasteiger partial charge in [-0.3, -0.25) is 4.68 Å². The lowest BCUT2D eigenvalue weighted by Crippen LogP contribution is -2.54. The average Bonchev–Trinajstić information content (AvgIpc) is 2.86. The average molecular weight is 358 g/mol. The van der Waals surface area contributed by atoms with Gasteiger partial charge < -0.3 is 5.11 Å². The van der Waals surface area contributed by atoms with Crippen LogP contribution in [0.15, 0.2) is 0 Å². The molecule has 0 amide bonds. The van der Waals surface area contributed by atoms with Gasteiger partial charge in [-0.1, -0.05) is 0 Å². The van der Waals surface area contributed by atoms with E-state index in [4.69, 9.17) is 0 Å². The van der Waals surface area contributed by atoms with Crippen LogP contribution in [0.2, 0.25) is 0 Å². The molecule has 0 saturated heterocycles. The molecule has 1 heterocycles. The molecule has 134 valence electrons. The number of alkyl halides is 7. The van der Waals surface area contributed by atoms with E-state index in [1.807, 2.05) is 0 Å². The van der Waals surface area contributed by atoms with Crippen LogP contribution in [0.4, 0.5) is 30.7 Å². The van der Waals surface area contributed by atoms with Gasteiger partial charge in [0.15, 0.2) is 18.0 Å². The maximum absolute atomic E-state index is 14.1. The number of aliphatic hydroxyl groups excluding tert-OH is 1. The highest BCUT2D eigenvalue weighted by Gasteiger charge is 2.63. The minimum atomic E-state index is -4.97. The normalized spacial score (nSPS) is 34.1. The van der Waals surface area contributed by atoms with E-state index in [2.05, 4.69) is 5.10 Å². The summed E-state index contributed by atoms with van der Waals surface area (Å²) in [5, 5.41) is 13.0. The Morgan fingerprint density at radius 1 is 1.12 bits per heavy atom. The molecule has 1 spiro atoms. The Morgan fingerprint density at radius 2 is 1.71 bits per heavy atom. The first-order chi connectivity index (χ1) is 10.9. The highest BCUT2D eigenvalue weighted by atomic mass is 19.4. The molecule has 3 atom stereocenters. The van der Waals surface area contributed by atoms with Crippen LogP contribution in [-0.4, -0.2) is 27.0 Å². The zero-order chi connectivity index (χ0) is 17.7. The number of hydrogen-bond acceptors (Lipinski definition) is 2. The number of aromatic nitrogens is 2. The van der Waals surface area contributed by atoms with Crippen molar-refractivity contribution in [1.29, 1.82) is 0 Å². The molecule has 1 N–H and O–H groups in total. The quantitative estimate of drug-likeness (QED) is 0.770. The summed E-state index contributed by atoms with van der Waals surface area (Å²) in [6, 6.07) is -0.693. The van der Waals surface area contributed by atoms with Crippen molar-refractivity contribution in [3.05, 3.63) is 17.0 Å². The van der Waals surface area contributed by atoms with E-state index in [0.717, 1.165) is 4.68 Å². The third-order valence-corrected chi connectivity index (χ3v) is 5.34. The van der Waals surface area contributed by atoms with Gasteiger partial charge in [0.1, 0.15) is 6.10 Å².